The SMILES string of the molecule is CCCCN(C)c1nc(Cl)nc2scc(-c3ccc(C(C)C)cc3)c12. The van der Waals surface area contributed by atoms with Crippen molar-refractivity contribution in [3.05, 3.63) is 40.5 Å². The fourth-order valence-electron chi connectivity index (χ4n) is 2.94. The van der Waals surface area contributed by atoms with Crippen molar-refractivity contribution in [1.82, 2.24) is 9.97 Å². The molecule has 0 radical (unpaired) electrons. The lowest BCUT2D eigenvalue weighted by Gasteiger charge is -2.19. The minimum Gasteiger partial charge on any atom is -0.359 e. The molecule has 0 aliphatic heterocycles. The molecule has 0 spiro atoms. The van der Waals surface area contributed by atoms with Gasteiger partial charge in [-0.05, 0) is 35.1 Å². The van der Waals surface area contributed by atoms with Crippen LogP contribution in [-0.2, 0) is 0 Å². The molecule has 1 aromatic carbocycles. The fraction of sp³-hybridized carbons (Fsp3) is 0.400. The Morgan fingerprint density at radius 2 is 1.88 bits per heavy atom. The third-order valence-electron chi connectivity index (χ3n) is 4.48. The smallest absolute Gasteiger partial charge is 0.225 e. The minimum absolute atomic E-state index is 0.314. The van der Waals surface area contributed by atoms with Crippen molar-refractivity contribution in [3.8, 4) is 11.1 Å². The molecule has 0 aliphatic rings. The zero-order valence-electron chi connectivity index (χ0n) is 15.2. The van der Waals surface area contributed by atoms with Gasteiger partial charge in [-0.2, -0.15) is 4.98 Å². The zero-order chi connectivity index (χ0) is 18.0. The van der Waals surface area contributed by atoms with E-state index in [0.717, 1.165) is 35.4 Å². The highest BCUT2D eigenvalue weighted by atomic mass is 35.5. The van der Waals surface area contributed by atoms with Crippen molar-refractivity contribution < 1.29 is 0 Å². The summed E-state index contributed by atoms with van der Waals surface area (Å²) in [5.41, 5.74) is 3.74. The topological polar surface area (TPSA) is 29.0 Å². The normalized spacial score (nSPS) is 11.4. The van der Waals surface area contributed by atoms with E-state index < -0.39 is 0 Å². The van der Waals surface area contributed by atoms with Gasteiger partial charge in [-0.3, -0.25) is 0 Å². The molecule has 2 heterocycles. The van der Waals surface area contributed by atoms with Crippen LogP contribution in [0.5, 0.6) is 0 Å². The minimum atomic E-state index is 0.314. The van der Waals surface area contributed by atoms with Gasteiger partial charge in [-0.1, -0.05) is 51.5 Å². The molecule has 3 rings (SSSR count). The summed E-state index contributed by atoms with van der Waals surface area (Å²) in [6.45, 7) is 7.58. The van der Waals surface area contributed by atoms with E-state index in [2.05, 4.69) is 72.3 Å². The lowest BCUT2D eigenvalue weighted by molar-refractivity contribution is 0.761. The van der Waals surface area contributed by atoms with Crippen LogP contribution in [0.3, 0.4) is 0 Å². The number of hydrogen-bond donors (Lipinski definition) is 0. The van der Waals surface area contributed by atoms with Crippen LogP contribution in [0.25, 0.3) is 21.3 Å². The molecule has 0 N–H and O–H groups in total. The summed E-state index contributed by atoms with van der Waals surface area (Å²) in [7, 11) is 2.08. The second kappa shape index (κ2) is 7.71. The molecule has 132 valence electrons. The van der Waals surface area contributed by atoms with Crippen LogP contribution in [-0.4, -0.2) is 23.6 Å². The van der Waals surface area contributed by atoms with Crippen LogP contribution in [0.1, 0.15) is 45.1 Å². The van der Waals surface area contributed by atoms with Crippen LogP contribution in [0.2, 0.25) is 5.28 Å². The van der Waals surface area contributed by atoms with Gasteiger partial charge in [0.2, 0.25) is 5.28 Å². The zero-order valence-corrected chi connectivity index (χ0v) is 16.8. The Morgan fingerprint density at radius 3 is 2.52 bits per heavy atom. The summed E-state index contributed by atoms with van der Waals surface area (Å²) in [6.07, 6.45) is 2.28. The van der Waals surface area contributed by atoms with E-state index >= 15 is 0 Å². The highest BCUT2D eigenvalue weighted by Gasteiger charge is 2.17. The molecule has 0 saturated carbocycles. The second-order valence-corrected chi connectivity index (χ2v) is 7.89. The molecule has 25 heavy (non-hydrogen) atoms. The van der Waals surface area contributed by atoms with E-state index in [1.165, 1.54) is 16.7 Å². The lowest BCUT2D eigenvalue weighted by atomic mass is 9.99. The number of anilines is 1. The summed E-state index contributed by atoms with van der Waals surface area (Å²) < 4.78 is 0. The number of unbranched alkanes of at least 4 members (excludes halogenated alkanes) is 1. The van der Waals surface area contributed by atoms with E-state index in [1.54, 1.807) is 11.3 Å². The van der Waals surface area contributed by atoms with Crippen LogP contribution in [0.4, 0.5) is 5.82 Å². The van der Waals surface area contributed by atoms with Crippen molar-refractivity contribution in [2.24, 2.45) is 0 Å². The van der Waals surface area contributed by atoms with Gasteiger partial charge in [0, 0.05) is 24.5 Å². The number of nitrogens with zero attached hydrogens (tertiary/aromatic N) is 3. The Kier molecular flexibility index (Phi) is 5.60. The number of rotatable bonds is 6. The molecule has 0 fully saturated rings. The quantitative estimate of drug-likeness (QED) is 0.470. The first-order valence-corrected chi connectivity index (χ1v) is 10.0. The number of aromatic nitrogens is 2. The fourth-order valence-corrected chi connectivity index (χ4v) is 4.09. The van der Waals surface area contributed by atoms with Gasteiger partial charge in [0.05, 0.1) is 5.39 Å². The average Bonchev–Trinajstić information content (AvgIpc) is 3.02. The van der Waals surface area contributed by atoms with Gasteiger partial charge in [-0.15, -0.1) is 11.3 Å². The van der Waals surface area contributed by atoms with E-state index in [9.17, 15) is 0 Å². The maximum absolute atomic E-state index is 6.17. The molecule has 3 nitrogen and oxygen atoms in total. The van der Waals surface area contributed by atoms with E-state index in [-0.39, 0.29) is 0 Å². The largest absolute Gasteiger partial charge is 0.359 e. The van der Waals surface area contributed by atoms with Crippen molar-refractivity contribution in [1.29, 1.82) is 0 Å². The summed E-state index contributed by atoms with van der Waals surface area (Å²) in [5, 5.41) is 3.58. The highest BCUT2D eigenvalue weighted by Crippen LogP contribution is 2.39. The van der Waals surface area contributed by atoms with Crippen molar-refractivity contribution >= 4 is 39.0 Å². The van der Waals surface area contributed by atoms with Gasteiger partial charge < -0.3 is 4.90 Å². The van der Waals surface area contributed by atoms with Crippen LogP contribution in [0, 0.1) is 0 Å². The number of fused-ring (bicyclic) bond motifs is 1. The first kappa shape index (κ1) is 18.2. The number of hydrogen-bond acceptors (Lipinski definition) is 4. The summed E-state index contributed by atoms with van der Waals surface area (Å²) >= 11 is 7.80. The average molecular weight is 374 g/mol. The first-order chi connectivity index (χ1) is 12.0. The van der Waals surface area contributed by atoms with Crippen molar-refractivity contribution in [2.75, 3.05) is 18.5 Å². The molecule has 2 aromatic heterocycles. The van der Waals surface area contributed by atoms with Crippen molar-refractivity contribution in [2.45, 2.75) is 39.5 Å². The maximum Gasteiger partial charge on any atom is 0.225 e. The van der Waals surface area contributed by atoms with Crippen molar-refractivity contribution in [3.63, 3.8) is 0 Å². The Balaban J connectivity index is 2.10. The lowest BCUT2D eigenvalue weighted by Crippen LogP contribution is -2.20. The third kappa shape index (κ3) is 3.80. The summed E-state index contributed by atoms with van der Waals surface area (Å²) in [5.74, 6) is 1.46. The Morgan fingerprint density at radius 1 is 1.16 bits per heavy atom. The van der Waals surface area contributed by atoms with Gasteiger partial charge in [0.1, 0.15) is 10.6 Å². The highest BCUT2D eigenvalue weighted by molar-refractivity contribution is 7.17. The molecule has 0 aliphatic carbocycles. The number of benzene rings is 1. The molecular weight excluding hydrogens is 350 g/mol. The van der Waals surface area contributed by atoms with Gasteiger partial charge >= 0.3 is 0 Å². The molecule has 0 saturated heterocycles. The molecule has 0 atom stereocenters. The van der Waals surface area contributed by atoms with E-state index in [0.29, 0.717) is 11.2 Å². The number of thiophene rings is 1. The molecule has 0 bridgehead atoms. The standard InChI is InChI=1S/C20H24ClN3S/c1-5-6-11-24(4)18-17-16(12-25-19(17)23-20(21)22-18)15-9-7-14(8-10-15)13(2)3/h7-10,12-13H,5-6,11H2,1-4H3. The van der Waals surface area contributed by atoms with Crippen LogP contribution in [0.15, 0.2) is 29.6 Å². The molecule has 5 heteroatoms. The second-order valence-electron chi connectivity index (χ2n) is 6.70. The maximum atomic E-state index is 6.17. The third-order valence-corrected chi connectivity index (χ3v) is 5.53. The molecular formula is C20H24ClN3S. The predicted molar refractivity (Wildman–Crippen MR) is 110 cm³/mol. The Bertz CT molecular complexity index is 855. The number of halogens is 1. The van der Waals surface area contributed by atoms with E-state index in [4.69, 9.17) is 11.6 Å². The molecule has 0 unspecified atom stereocenters. The summed E-state index contributed by atoms with van der Waals surface area (Å²) in [4.78, 5) is 12.1. The van der Waals surface area contributed by atoms with Gasteiger partial charge in [0.15, 0.2) is 0 Å². The first-order valence-electron chi connectivity index (χ1n) is 8.77. The van der Waals surface area contributed by atoms with E-state index in [1.807, 2.05) is 0 Å². The van der Waals surface area contributed by atoms with Gasteiger partial charge in [-0.25, -0.2) is 4.98 Å². The van der Waals surface area contributed by atoms with Crippen LogP contribution >= 0.6 is 22.9 Å². The Labute approximate surface area is 158 Å². The van der Waals surface area contributed by atoms with Crippen LogP contribution < -0.4 is 4.90 Å². The summed E-state index contributed by atoms with van der Waals surface area (Å²) in [6, 6.07) is 8.81. The monoisotopic (exact) mass is 373 g/mol. The van der Waals surface area contributed by atoms with Gasteiger partial charge in [0.25, 0.3) is 0 Å². The Hall–Kier alpha value is -1.65. The molecule has 3 aromatic rings. The predicted octanol–water partition coefficient (Wildman–Crippen LogP) is 6.37. The molecule has 0 amide bonds.